The zero-order valence-electron chi connectivity index (χ0n) is 11.8. The van der Waals surface area contributed by atoms with Gasteiger partial charge in [-0.3, -0.25) is 10.1 Å². The van der Waals surface area contributed by atoms with Crippen LogP contribution in [-0.4, -0.2) is 10.0 Å². The van der Waals surface area contributed by atoms with Gasteiger partial charge in [-0.2, -0.15) is 0 Å². The normalized spacial score (nSPS) is 12.2. The molecule has 1 N–H and O–H groups in total. The van der Waals surface area contributed by atoms with Crippen LogP contribution in [0.25, 0.3) is 0 Å². The molecule has 0 aliphatic heterocycles. The summed E-state index contributed by atoms with van der Waals surface area (Å²) in [4.78, 5) is 10.6. The van der Waals surface area contributed by atoms with E-state index in [-0.39, 0.29) is 5.69 Å². The SMILES string of the molecule is Cc1ccc(C)c([C@@H](O)c2ccc(C)c([N+](=O)[O-])c2)c1. The Kier molecular flexibility index (Phi) is 3.86. The van der Waals surface area contributed by atoms with Gasteiger partial charge in [0.05, 0.1) is 4.92 Å². The van der Waals surface area contributed by atoms with E-state index in [1.54, 1.807) is 19.1 Å². The molecule has 2 aromatic carbocycles. The fourth-order valence-electron chi connectivity index (χ4n) is 2.23. The first-order chi connectivity index (χ1) is 9.40. The molecule has 0 radical (unpaired) electrons. The largest absolute Gasteiger partial charge is 0.384 e. The Morgan fingerprint density at radius 3 is 2.35 bits per heavy atom. The summed E-state index contributed by atoms with van der Waals surface area (Å²) in [7, 11) is 0. The maximum Gasteiger partial charge on any atom is 0.272 e. The van der Waals surface area contributed by atoms with Crippen molar-refractivity contribution in [3.05, 3.63) is 74.3 Å². The standard InChI is InChI=1S/C16H17NO3/c1-10-4-5-11(2)14(8-10)16(18)13-7-6-12(3)15(9-13)17(19)20/h4-9,16,18H,1-3H3/t16-/m0/s1. The van der Waals surface area contributed by atoms with Crippen LogP contribution in [-0.2, 0) is 0 Å². The van der Waals surface area contributed by atoms with Crippen LogP contribution in [0, 0.1) is 30.9 Å². The summed E-state index contributed by atoms with van der Waals surface area (Å²) < 4.78 is 0. The van der Waals surface area contributed by atoms with E-state index in [4.69, 9.17) is 0 Å². The van der Waals surface area contributed by atoms with Crippen molar-refractivity contribution in [2.75, 3.05) is 0 Å². The van der Waals surface area contributed by atoms with Crippen molar-refractivity contribution >= 4 is 5.69 Å². The topological polar surface area (TPSA) is 63.4 Å². The van der Waals surface area contributed by atoms with Crippen LogP contribution >= 0.6 is 0 Å². The lowest BCUT2D eigenvalue weighted by atomic mass is 9.95. The first-order valence-corrected chi connectivity index (χ1v) is 6.40. The summed E-state index contributed by atoms with van der Waals surface area (Å²) in [5, 5.41) is 21.4. The number of nitro benzene ring substituents is 1. The molecule has 2 rings (SSSR count). The van der Waals surface area contributed by atoms with E-state index < -0.39 is 11.0 Å². The second-order valence-electron chi connectivity index (χ2n) is 5.07. The molecule has 0 spiro atoms. The second-order valence-corrected chi connectivity index (χ2v) is 5.07. The van der Waals surface area contributed by atoms with Crippen molar-refractivity contribution in [2.24, 2.45) is 0 Å². The van der Waals surface area contributed by atoms with Crippen molar-refractivity contribution < 1.29 is 10.0 Å². The van der Waals surface area contributed by atoms with Gasteiger partial charge in [-0.25, -0.2) is 0 Å². The molecule has 0 heterocycles. The van der Waals surface area contributed by atoms with E-state index >= 15 is 0 Å². The molecule has 4 nitrogen and oxygen atoms in total. The molecule has 104 valence electrons. The molecule has 1 atom stereocenters. The first kappa shape index (κ1) is 14.2. The van der Waals surface area contributed by atoms with E-state index in [0.717, 1.165) is 16.7 Å². The van der Waals surface area contributed by atoms with E-state index in [9.17, 15) is 15.2 Å². The van der Waals surface area contributed by atoms with Crippen LogP contribution in [0.5, 0.6) is 0 Å². The molecular formula is C16H17NO3. The third-order valence-electron chi connectivity index (χ3n) is 3.47. The van der Waals surface area contributed by atoms with Gasteiger partial charge in [0.1, 0.15) is 6.10 Å². The Labute approximate surface area is 117 Å². The predicted molar refractivity (Wildman–Crippen MR) is 77.8 cm³/mol. The second kappa shape index (κ2) is 5.43. The number of aliphatic hydroxyl groups excluding tert-OH is 1. The summed E-state index contributed by atoms with van der Waals surface area (Å²) in [6.07, 6.45) is -0.853. The number of nitro groups is 1. The molecule has 0 bridgehead atoms. The Hall–Kier alpha value is -2.20. The number of hydrogen-bond acceptors (Lipinski definition) is 3. The highest BCUT2D eigenvalue weighted by molar-refractivity contribution is 5.46. The molecular weight excluding hydrogens is 254 g/mol. The van der Waals surface area contributed by atoms with Gasteiger partial charge in [-0.05, 0) is 37.5 Å². The number of hydrogen-bond donors (Lipinski definition) is 1. The molecule has 20 heavy (non-hydrogen) atoms. The van der Waals surface area contributed by atoms with Crippen molar-refractivity contribution in [1.29, 1.82) is 0 Å². The highest BCUT2D eigenvalue weighted by Crippen LogP contribution is 2.29. The summed E-state index contributed by atoms with van der Waals surface area (Å²) in [5.41, 5.74) is 3.95. The van der Waals surface area contributed by atoms with Gasteiger partial charge < -0.3 is 5.11 Å². The van der Waals surface area contributed by atoms with Gasteiger partial charge in [0.25, 0.3) is 5.69 Å². The van der Waals surface area contributed by atoms with Gasteiger partial charge in [0.15, 0.2) is 0 Å². The molecule has 0 unspecified atom stereocenters. The Balaban J connectivity index is 2.48. The molecule has 0 aliphatic rings. The fourth-order valence-corrected chi connectivity index (χ4v) is 2.23. The van der Waals surface area contributed by atoms with Crippen molar-refractivity contribution in [1.82, 2.24) is 0 Å². The van der Waals surface area contributed by atoms with Crippen LogP contribution in [0.15, 0.2) is 36.4 Å². The minimum Gasteiger partial charge on any atom is -0.384 e. The van der Waals surface area contributed by atoms with Gasteiger partial charge in [0.2, 0.25) is 0 Å². The summed E-state index contributed by atoms with van der Waals surface area (Å²) >= 11 is 0. The molecule has 2 aromatic rings. The number of rotatable bonds is 3. The Morgan fingerprint density at radius 1 is 1.05 bits per heavy atom. The minimum absolute atomic E-state index is 0.0341. The average Bonchev–Trinajstić information content (AvgIpc) is 2.41. The predicted octanol–water partition coefficient (Wildman–Crippen LogP) is 3.60. The molecule has 0 fully saturated rings. The highest BCUT2D eigenvalue weighted by atomic mass is 16.6. The van der Waals surface area contributed by atoms with Gasteiger partial charge in [-0.1, -0.05) is 35.9 Å². The molecule has 0 saturated carbocycles. The average molecular weight is 271 g/mol. The third kappa shape index (κ3) is 2.70. The molecule has 4 heteroatoms. The number of benzene rings is 2. The number of nitrogens with zero attached hydrogens (tertiary/aromatic N) is 1. The van der Waals surface area contributed by atoms with E-state index in [1.165, 1.54) is 6.07 Å². The van der Waals surface area contributed by atoms with Crippen LogP contribution in [0.1, 0.15) is 33.9 Å². The zero-order chi connectivity index (χ0) is 14.9. The van der Waals surface area contributed by atoms with Crippen LogP contribution < -0.4 is 0 Å². The van der Waals surface area contributed by atoms with Crippen molar-refractivity contribution in [3.63, 3.8) is 0 Å². The molecule has 0 aliphatic carbocycles. The maximum atomic E-state index is 11.0. The lowest BCUT2D eigenvalue weighted by Gasteiger charge is -2.15. The molecule has 0 aromatic heterocycles. The lowest BCUT2D eigenvalue weighted by Crippen LogP contribution is -2.04. The highest BCUT2D eigenvalue weighted by Gasteiger charge is 2.18. The van der Waals surface area contributed by atoms with E-state index in [0.29, 0.717) is 11.1 Å². The van der Waals surface area contributed by atoms with E-state index in [2.05, 4.69) is 0 Å². The van der Waals surface area contributed by atoms with Crippen molar-refractivity contribution in [3.8, 4) is 0 Å². The fraction of sp³-hybridized carbons (Fsp3) is 0.250. The van der Waals surface area contributed by atoms with Gasteiger partial charge >= 0.3 is 0 Å². The van der Waals surface area contributed by atoms with Crippen LogP contribution in [0.3, 0.4) is 0 Å². The number of aryl methyl sites for hydroxylation is 3. The Morgan fingerprint density at radius 2 is 1.70 bits per heavy atom. The Bertz CT molecular complexity index is 665. The van der Waals surface area contributed by atoms with E-state index in [1.807, 2.05) is 32.0 Å². The maximum absolute atomic E-state index is 11.0. The first-order valence-electron chi connectivity index (χ1n) is 6.40. The smallest absolute Gasteiger partial charge is 0.272 e. The summed E-state index contributed by atoms with van der Waals surface area (Å²) in [5.74, 6) is 0. The lowest BCUT2D eigenvalue weighted by molar-refractivity contribution is -0.385. The summed E-state index contributed by atoms with van der Waals surface area (Å²) in [6.45, 7) is 5.56. The zero-order valence-corrected chi connectivity index (χ0v) is 11.8. The van der Waals surface area contributed by atoms with Gasteiger partial charge in [-0.15, -0.1) is 0 Å². The van der Waals surface area contributed by atoms with Crippen LogP contribution in [0.4, 0.5) is 5.69 Å². The van der Waals surface area contributed by atoms with Gasteiger partial charge in [0, 0.05) is 11.6 Å². The van der Waals surface area contributed by atoms with Crippen LogP contribution in [0.2, 0.25) is 0 Å². The summed E-state index contributed by atoms with van der Waals surface area (Å²) in [6, 6.07) is 10.7. The number of aliphatic hydroxyl groups is 1. The molecule has 0 saturated heterocycles. The van der Waals surface area contributed by atoms with Crippen molar-refractivity contribution in [2.45, 2.75) is 26.9 Å². The monoisotopic (exact) mass is 271 g/mol. The molecule has 0 amide bonds. The quantitative estimate of drug-likeness (QED) is 0.685. The third-order valence-corrected chi connectivity index (χ3v) is 3.47. The minimum atomic E-state index is -0.853.